The van der Waals surface area contributed by atoms with E-state index in [2.05, 4.69) is 9.97 Å². The van der Waals surface area contributed by atoms with Gasteiger partial charge in [0.25, 0.3) is 5.88 Å². The second kappa shape index (κ2) is 4.43. The zero-order chi connectivity index (χ0) is 13.4. The third-order valence-corrected chi connectivity index (χ3v) is 3.32. The van der Waals surface area contributed by atoms with E-state index >= 15 is 0 Å². The third-order valence-electron chi connectivity index (χ3n) is 2.60. The van der Waals surface area contributed by atoms with Crippen molar-refractivity contribution < 1.29 is 9.52 Å². The Morgan fingerprint density at radius 3 is 2.95 bits per heavy atom. The van der Waals surface area contributed by atoms with Crippen molar-refractivity contribution in [3.63, 3.8) is 0 Å². The number of nitrogens with two attached hydrogens (primary N) is 1. The summed E-state index contributed by atoms with van der Waals surface area (Å²) in [5.74, 6) is 0.551. The summed E-state index contributed by atoms with van der Waals surface area (Å²) in [6.45, 7) is 0. The molecule has 6 nitrogen and oxygen atoms in total. The molecule has 0 spiro atoms. The van der Waals surface area contributed by atoms with Crippen LogP contribution in [-0.4, -0.2) is 20.2 Å². The first-order valence-corrected chi connectivity index (χ1v) is 6.47. The minimum absolute atomic E-state index is 0.0137. The minimum Gasteiger partial charge on any atom is -0.491 e. The van der Waals surface area contributed by atoms with Gasteiger partial charge in [-0.05, 0) is 12.1 Å². The molecule has 0 amide bonds. The minimum atomic E-state index is -0.194. The summed E-state index contributed by atoms with van der Waals surface area (Å²) >= 11 is 1.10. The number of hydrogen-bond acceptors (Lipinski definition) is 6. The van der Waals surface area contributed by atoms with Crippen LogP contribution < -0.4 is 5.73 Å². The lowest BCUT2D eigenvalue weighted by molar-refractivity contribution is 0.445. The molecule has 1 aromatic carbocycles. The van der Waals surface area contributed by atoms with E-state index in [9.17, 15) is 5.11 Å². The standard InChI is InChI=1S/C12H10N4O2S/c13-12(14)19-5-8-15-9-6-3-1-2-4-7(6)18-10(9)11(17)16-8/h1-4H,5H2,(H3,13,14)(H,15,16,17). The SMILES string of the molecule is N=C(N)SCc1nc(O)c2oc3ccccc3c2n1. The largest absolute Gasteiger partial charge is 0.491 e. The zero-order valence-corrected chi connectivity index (χ0v) is 10.6. The Morgan fingerprint density at radius 1 is 1.37 bits per heavy atom. The molecule has 0 bridgehead atoms. The van der Waals surface area contributed by atoms with E-state index < -0.39 is 0 Å². The first-order chi connectivity index (χ1) is 9.15. The van der Waals surface area contributed by atoms with E-state index in [0.29, 0.717) is 22.7 Å². The lowest BCUT2D eigenvalue weighted by atomic mass is 10.2. The van der Waals surface area contributed by atoms with Crippen molar-refractivity contribution in [2.75, 3.05) is 0 Å². The summed E-state index contributed by atoms with van der Waals surface area (Å²) in [4.78, 5) is 8.30. The number of aromatic nitrogens is 2. The molecule has 3 rings (SSSR count). The van der Waals surface area contributed by atoms with Gasteiger partial charge in [-0.2, -0.15) is 4.98 Å². The number of amidine groups is 1. The fraction of sp³-hybridized carbons (Fsp3) is 0.0833. The Balaban J connectivity index is 2.17. The van der Waals surface area contributed by atoms with Crippen molar-refractivity contribution in [3.8, 4) is 5.88 Å². The normalized spacial score (nSPS) is 11.2. The number of nitrogens with zero attached hydrogens (tertiary/aromatic N) is 2. The van der Waals surface area contributed by atoms with Crippen molar-refractivity contribution >= 4 is 39.0 Å². The molecule has 4 N–H and O–H groups in total. The molecule has 0 fully saturated rings. The Morgan fingerprint density at radius 2 is 2.16 bits per heavy atom. The monoisotopic (exact) mass is 274 g/mol. The molecular formula is C12H10N4O2S. The van der Waals surface area contributed by atoms with Gasteiger partial charge in [0.05, 0.1) is 5.75 Å². The topological polar surface area (TPSA) is 109 Å². The van der Waals surface area contributed by atoms with Crippen LogP contribution in [0.4, 0.5) is 0 Å². The first kappa shape index (κ1) is 11.8. The van der Waals surface area contributed by atoms with Crippen molar-refractivity contribution in [1.82, 2.24) is 9.97 Å². The average Bonchev–Trinajstić information content (AvgIpc) is 2.76. The number of thioether (sulfide) groups is 1. The number of aromatic hydroxyl groups is 1. The van der Waals surface area contributed by atoms with E-state index in [0.717, 1.165) is 17.1 Å². The van der Waals surface area contributed by atoms with Crippen LogP contribution >= 0.6 is 11.8 Å². The molecule has 0 radical (unpaired) electrons. The summed E-state index contributed by atoms with van der Waals surface area (Å²) in [7, 11) is 0. The number of fused-ring (bicyclic) bond motifs is 3. The van der Waals surface area contributed by atoms with Crippen LogP contribution in [0.5, 0.6) is 5.88 Å². The van der Waals surface area contributed by atoms with E-state index in [1.165, 1.54) is 0 Å². The number of para-hydroxylation sites is 1. The molecule has 19 heavy (non-hydrogen) atoms. The Bertz CT molecular complexity index is 784. The number of rotatable bonds is 2. The molecule has 0 aliphatic rings. The van der Waals surface area contributed by atoms with E-state index in [-0.39, 0.29) is 16.6 Å². The van der Waals surface area contributed by atoms with Gasteiger partial charge >= 0.3 is 0 Å². The summed E-state index contributed by atoms with van der Waals surface area (Å²) in [6.07, 6.45) is 0. The molecule has 0 atom stereocenters. The summed E-state index contributed by atoms with van der Waals surface area (Å²) < 4.78 is 5.52. The molecule has 0 saturated carbocycles. The van der Waals surface area contributed by atoms with Crippen LogP contribution in [0.15, 0.2) is 28.7 Å². The third kappa shape index (κ3) is 2.08. The Kier molecular flexibility index (Phi) is 2.75. The van der Waals surface area contributed by atoms with Gasteiger partial charge in [0, 0.05) is 5.39 Å². The highest BCUT2D eigenvalue weighted by atomic mass is 32.2. The number of nitrogens with one attached hydrogen (secondary N) is 1. The fourth-order valence-electron chi connectivity index (χ4n) is 1.83. The van der Waals surface area contributed by atoms with Crippen molar-refractivity contribution in [1.29, 1.82) is 5.41 Å². The fourth-order valence-corrected chi connectivity index (χ4v) is 2.24. The Hall–Kier alpha value is -2.28. The molecule has 0 aliphatic carbocycles. The highest BCUT2D eigenvalue weighted by molar-refractivity contribution is 8.13. The van der Waals surface area contributed by atoms with Crippen LogP contribution in [0.2, 0.25) is 0 Å². The summed E-state index contributed by atoms with van der Waals surface area (Å²) in [6, 6.07) is 7.40. The molecule has 3 aromatic rings. The smallest absolute Gasteiger partial charge is 0.259 e. The van der Waals surface area contributed by atoms with Gasteiger partial charge in [0.2, 0.25) is 5.58 Å². The van der Waals surface area contributed by atoms with Crippen LogP contribution in [0.3, 0.4) is 0 Å². The van der Waals surface area contributed by atoms with E-state index in [4.69, 9.17) is 15.6 Å². The zero-order valence-electron chi connectivity index (χ0n) is 9.75. The van der Waals surface area contributed by atoms with Crippen LogP contribution in [0.25, 0.3) is 22.1 Å². The van der Waals surface area contributed by atoms with Crippen LogP contribution in [0.1, 0.15) is 5.82 Å². The lowest BCUT2D eigenvalue weighted by Crippen LogP contribution is -2.05. The molecule has 7 heteroatoms. The van der Waals surface area contributed by atoms with Gasteiger partial charge in [-0.3, -0.25) is 5.41 Å². The summed E-state index contributed by atoms with van der Waals surface area (Å²) in [5, 5.41) is 17.9. The maximum atomic E-state index is 9.88. The quantitative estimate of drug-likeness (QED) is 0.488. The van der Waals surface area contributed by atoms with E-state index in [1.54, 1.807) is 6.07 Å². The van der Waals surface area contributed by atoms with Gasteiger partial charge < -0.3 is 15.3 Å². The molecule has 0 aliphatic heterocycles. The van der Waals surface area contributed by atoms with Crippen molar-refractivity contribution in [2.45, 2.75) is 5.75 Å². The highest BCUT2D eigenvalue weighted by Gasteiger charge is 2.14. The Labute approximate surface area is 112 Å². The van der Waals surface area contributed by atoms with Gasteiger partial charge in [0.1, 0.15) is 16.9 Å². The second-order valence-corrected chi connectivity index (χ2v) is 4.91. The van der Waals surface area contributed by atoms with Gasteiger partial charge in [-0.25, -0.2) is 4.98 Å². The average molecular weight is 274 g/mol. The maximum Gasteiger partial charge on any atom is 0.259 e. The van der Waals surface area contributed by atoms with Gasteiger partial charge in [0.15, 0.2) is 5.17 Å². The van der Waals surface area contributed by atoms with Gasteiger partial charge in [-0.1, -0.05) is 23.9 Å². The molecule has 96 valence electrons. The van der Waals surface area contributed by atoms with Crippen LogP contribution in [-0.2, 0) is 5.75 Å². The maximum absolute atomic E-state index is 9.88. The predicted octanol–water partition coefficient (Wildman–Crippen LogP) is 2.21. The number of furan rings is 1. The predicted molar refractivity (Wildman–Crippen MR) is 74.2 cm³/mol. The van der Waals surface area contributed by atoms with Gasteiger partial charge in [-0.15, -0.1) is 0 Å². The summed E-state index contributed by atoms with van der Waals surface area (Å²) in [5.41, 5.74) is 6.77. The lowest BCUT2D eigenvalue weighted by Gasteiger charge is -2.00. The van der Waals surface area contributed by atoms with Crippen molar-refractivity contribution in [3.05, 3.63) is 30.1 Å². The molecule has 2 aromatic heterocycles. The second-order valence-electron chi connectivity index (χ2n) is 3.89. The number of benzene rings is 1. The highest BCUT2D eigenvalue weighted by Crippen LogP contribution is 2.31. The van der Waals surface area contributed by atoms with Crippen LogP contribution in [0, 0.1) is 5.41 Å². The molecule has 0 saturated heterocycles. The number of hydrogen-bond donors (Lipinski definition) is 3. The molecule has 0 unspecified atom stereocenters. The van der Waals surface area contributed by atoms with E-state index in [1.807, 2.05) is 18.2 Å². The van der Waals surface area contributed by atoms with Crippen molar-refractivity contribution in [2.24, 2.45) is 5.73 Å². The molecule has 2 heterocycles. The molecular weight excluding hydrogens is 264 g/mol. The first-order valence-electron chi connectivity index (χ1n) is 5.49.